The van der Waals surface area contributed by atoms with Crippen LogP contribution in [0.1, 0.15) is 18.5 Å². The first-order valence-electron chi connectivity index (χ1n) is 7.21. The van der Waals surface area contributed by atoms with Crippen LogP contribution < -0.4 is 11.3 Å². The van der Waals surface area contributed by atoms with Gasteiger partial charge in [0, 0.05) is 19.1 Å². The Bertz CT molecular complexity index is 538. The van der Waals surface area contributed by atoms with E-state index in [9.17, 15) is 5.11 Å². The molecule has 108 valence electrons. The van der Waals surface area contributed by atoms with Crippen LogP contribution in [0.4, 0.5) is 5.82 Å². The number of rotatable bonds is 3. The molecule has 0 spiro atoms. The van der Waals surface area contributed by atoms with Crippen LogP contribution in [0.15, 0.2) is 12.1 Å². The highest BCUT2D eigenvalue weighted by molar-refractivity contribution is 6.31. The van der Waals surface area contributed by atoms with Crippen molar-refractivity contribution in [1.29, 1.82) is 0 Å². The number of nitrogens with one attached hydrogen (secondary N) is 1. The number of hydrogen-bond acceptors (Lipinski definition) is 5. The van der Waals surface area contributed by atoms with E-state index in [1.807, 2.05) is 6.07 Å². The molecule has 5 unspecified atom stereocenters. The summed E-state index contributed by atoms with van der Waals surface area (Å²) in [6, 6.07) is 3.88. The van der Waals surface area contributed by atoms with Crippen LogP contribution >= 0.6 is 11.6 Å². The highest BCUT2D eigenvalue weighted by atomic mass is 35.5. The molecule has 5 nitrogen and oxygen atoms in total. The minimum absolute atomic E-state index is 0.173. The summed E-state index contributed by atoms with van der Waals surface area (Å²) in [6.07, 6.45) is 2.21. The fourth-order valence-electron chi connectivity index (χ4n) is 4.59. The van der Waals surface area contributed by atoms with Crippen LogP contribution in [0.5, 0.6) is 0 Å². The van der Waals surface area contributed by atoms with Crippen molar-refractivity contribution in [3.05, 3.63) is 22.8 Å². The van der Waals surface area contributed by atoms with Gasteiger partial charge in [-0.1, -0.05) is 11.6 Å². The number of aliphatic hydroxyl groups is 1. The Hall–Kier alpha value is -0.880. The molecule has 4 N–H and O–H groups in total. The maximum atomic E-state index is 10.4. The third-order valence-corrected chi connectivity index (χ3v) is 5.71. The van der Waals surface area contributed by atoms with Gasteiger partial charge in [0.2, 0.25) is 0 Å². The molecule has 4 rings (SSSR count). The van der Waals surface area contributed by atoms with Crippen molar-refractivity contribution in [3.63, 3.8) is 0 Å². The van der Waals surface area contributed by atoms with Crippen LogP contribution in [-0.2, 0) is 6.54 Å². The number of hydrogen-bond donors (Lipinski definition) is 3. The molecule has 1 aromatic heterocycles. The summed E-state index contributed by atoms with van der Waals surface area (Å²) in [4.78, 5) is 6.80. The van der Waals surface area contributed by atoms with Crippen molar-refractivity contribution in [2.75, 3.05) is 12.0 Å². The summed E-state index contributed by atoms with van der Waals surface area (Å²) in [6.45, 7) is 1.75. The van der Waals surface area contributed by atoms with Gasteiger partial charge in [-0.25, -0.2) is 10.8 Å². The van der Waals surface area contributed by atoms with Gasteiger partial charge in [0.05, 0.1) is 16.8 Å². The highest BCUT2D eigenvalue weighted by Crippen LogP contribution is 2.55. The van der Waals surface area contributed by atoms with Gasteiger partial charge in [-0.3, -0.25) is 4.90 Å². The van der Waals surface area contributed by atoms with E-state index in [-0.39, 0.29) is 6.10 Å². The predicted molar refractivity (Wildman–Crippen MR) is 77.0 cm³/mol. The van der Waals surface area contributed by atoms with E-state index in [2.05, 4.69) is 15.3 Å². The summed E-state index contributed by atoms with van der Waals surface area (Å²) >= 11 is 6.24. The van der Waals surface area contributed by atoms with Gasteiger partial charge in [0.15, 0.2) is 0 Å². The second-order valence-electron chi connectivity index (χ2n) is 6.34. The molecule has 2 heterocycles. The summed E-state index contributed by atoms with van der Waals surface area (Å²) in [5.74, 6) is 7.96. The molecule has 0 radical (unpaired) electrons. The number of halogens is 1. The molecule has 20 heavy (non-hydrogen) atoms. The Morgan fingerprint density at radius 2 is 2.25 bits per heavy atom. The van der Waals surface area contributed by atoms with Crippen molar-refractivity contribution in [3.8, 4) is 0 Å². The zero-order valence-electron chi connectivity index (χ0n) is 11.2. The van der Waals surface area contributed by atoms with Gasteiger partial charge < -0.3 is 10.5 Å². The van der Waals surface area contributed by atoms with Crippen LogP contribution in [-0.4, -0.2) is 33.7 Å². The number of aliphatic hydroxyl groups excluding tert-OH is 1. The van der Waals surface area contributed by atoms with Crippen molar-refractivity contribution in [1.82, 2.24) is 9.88 Å². The summed E-state index contributed by atoms with van der Waals surface area (Å²) in [7, 11) is 0. The Morgan fingerprint density at radius 1 is 1.40 bits per heavy atom. The lowest BCUT2D eigenvalue weighted by atomic mass is 9.88. The van der Waals surface area contributed by atoms with Crippen LogP contribution in [0.2, 0.25) is 5.02 Å². The predicted octanol–water partition coefficient (Wildman–Crippen LogP) is 1.22. The van der Waals surface area contributed by atoms with E-state index in [1.165, 1.54) is 12.8 Å². The van der Waals surface area contributed by atoms with Gasteiger partial charge in [-0.15, -0.1) is 0 Å². The fraction of sp³-hybridized carbons (Fsp3) is 0.643. The second-order valence-corrected chi connectivity index (χ2v) is 6.74. The average molecular weight is 295 g/mol. The standard InChI is InChI=1S/C14H19ClN4O/c15-10-1-2-12(18-16)17-11(10)6-19-5-8-3-7-4-9(8)13(19)14(7)20/h1-2,7-9,13-14,20H,3-6,16H2,(H,17,18). The Morgan fingerprint density at radius 3 is 3.00 bits per heavy atom. The monoisotopic (exact) mass is 294 g/mol. The summed E-state index contributed by atoms with van der Waals surface area (Å²) in [5.41, 5.74) is 3.39. The third-order valence-electron chi connectivity index (χ3n) is 5.37. The first-order chi connectivity index (χ1) is 9.67. The summed E-state index contributed by atoms with van der Waals surface area (Å²) in [5, 5.41) is 11.1. The highest BCUT2D eigenvalue weighted by Gasteiger charge is 2.58. The van der Waals surface area contributed by atoms with Crippen molar-refractivity contribution < 1.29 is 5.11 Å². The van der Waals surface area contributed by atoms with Crippen LogP contribution in [0, 0.1) is 17.8 Å². The van der Waals surface area contributed by atoms with Gasteiger partial charge in [-0.2, -0.15) is 0 Å². The molecule has 1 aliphatic heterocycles. The van der Waals surface area contributed by atoms with E-state index in [1.54, 1.807) is 6.07 Å². The topological polar surface area (TPSA) is 74.4 Å². The zero-order valence-corrected chi connectivity index (χ0v) is 11.9. The molecule has 1 aromatic rings. The minimum atomic E-state index is -0.173. The molecule has 2 aliphatic carbocycles. The molecule has 0 aromatic carbocycles. The Kier molecular flexibility index (Phi) is 2.93. The maximum Gasteiger partial charge on any atom is 0.140 e. The maximum absolute atomic E-state index is 10.4. The number of nitrogens with zero attached hydrogens (tertiary/aromatic N) is 2. The largest absolute Gasteiger partial charge is 0.391 e. The van der Waals surface area contributed by atoms with Gasteiger partial charge in [0.25, 0.3) is 0 Å². The molecule has 0 amide bonds. The van der Waals surface area contributed by atoms with E-state index in [0.29, 0.717) is 35.3 Å². The lowest BCUT2D eigenvalue weighted by molar-refractivity contribution is 0.0480. The van der Waals surface area contributed by atoms with Crippen molar-refractivity contribution in [2.24, 2.45) is 23.6 Å². The van der Waals surface area contributed by atoms with Gasteiger partial charge >= 0.3 is 0 Å². The van der Waals surface area contributed by atoms with Crippen LogP contribution in [0.3, 0.4) is 0 Å². The Balaban J connectivity index is 1.58. The number of pyridine rings is 1. The lowest BCUT2D eigenvalue weighted by Crippen LogP contribution is -2.40. The average Bonchev–Trinajstić information content (AvgIpc) is 3.04. The second kappa shape index (κ2) is 4.56. The van der Waals surface area contributed by atoms with E-state index in [0.717, 1.165) is 18.2 Å². The molecule has 6 heteroatoms. The molecular formula is C14H19ClN4O. The normalized spacial score (nSPS) is 38.6. The van der Waals surface area contributed by atoms with E-state index >= 15 is 0 Å². The van der Waals surface area contributed by atoms with Gasteiger partial charge in [0.1, 0.15) is 5.82 Å². The number of anilines is 1. The Labute approximate surface area is 123 Å². The number of fused-ring (bicyclic) bond motifs is 1. The molecular weight excluding hydrogens is 276 g/mol. The molecule has 1 saturated heterocycles. The molecule has 2 saturated carbocycles. The number of hydrazine groups is 1. The quantitative estimate of drug-likeness (QED) is 0.577. The summed E-state index contributed by atoms with van der Waals surface area (Å²) < 4.78 is 0. The van der Waals surface area contributed by atoms with Crippen molar-refractivity contribution >= 4 is 17.4 Å². The molecule has 3 fully saturated rings. The molecule has 5 atom stereocenters. The molecule has 3 aliphatic rings. The minimum Gasteiger partial charge on any atom is -0.391 e. The number of nitrogens with two attached hydrogens (primary N) is 1. The third kappa shape index (κ3) is 1.77. The van der Waals surface area contributed by atoms with Crippen molar-refractivity contribution in [2.45, 2.75) is 31.5 Å². The first kappa shape index (κ1) is 12.8. The van der Waals surface area contributed by atoms with E-state index < -0.39 is 0 Å². The smallest absolute Gasteiger partial charge is 0.140 e. The number of nitrogen functional groups attached to an aromatic ring is 1. The number of likely N-dealkylation sites (tertiary alicyclic amines) is 1. The first-order valence-corrected chi connectivity index (χ1v) is 7.59. The SMILES string of the molecule is NNc1ccc(Cl)c(CN2CC3CC4CC3C2C4O)n1. The van der Waals surface area contributed by atoms with Gasteiger partial charge in [-0.05, 0) is 42.7 Å². The van der Waals surface area contributed by atoms with E-state index in [4.69, 9.17) is 17.4 Å². The zero-order chi connectivity index (χ0) is 13.9. The lowest BCUT2D eigenvalue weighted by Gasteiger charge is -2.28. The van der Waals surface area contributed by atoms with Crippen LogP contribution in [0.25, 0.3) is 0 Å². The molecule has 2 bridgehead atoms. The fourth-order valence-corrected chi connectivity index (χ4v) is 4.75. The number of aromatic nitrogens is 1.